The maximum Gasteiger partial charge on any atom is 0.258 e. The number of Topliss-reactive ketones (excluding diaryl/α,β-unsaturated/α-hetero) is 1. The molecule has 0 aliphatic heterocycles. The van der Waals surface area contributed by atoms with E-state index < -0.39 is 5.91 Å². The summed E-state index contributed by atoms with van der Waals surface area (Å²) in [6.07, 6.45) is -0.310. The Labute approximate surface area is 102 Å². The number of amides is 1. The van der Waals surface area contributed by atoms with E-state index in [4.69, 9.17) is 0 Å². The summed E-state index contributed by atoms with van der Waals surface area (Å²) in [5, 5.41) is 10.2. The van der Waals surface area contributed by atoms with E-state index in [0.717, 1.165) is 5.56 Å². The zero-order valence-electron chi connectivity index (χ0n) is 8.81. The van der Waals surface area contributed by atoms with Crippen LogP contribution in [0.15, 0.2) is 24.3 Å². The first-order chi connectivity index (χ1) is 7.54. The second-order valence-corrected chi connectivity index (χ2v) is 3.95. The van der Waals surface area contributed by atoms with Crippen LogP contribution in [0, 0.1) is 6.92 Å². The SMILES string of the molecule is Cc1cccc(N(O)C(=O)CC(=O)CBr)c1. The molecule has 0 bridgehead atoms. The van der Waals surface area contributed by atoms with Crippen LogP contribution < -0.4 is 5.06 Å². The van der Waals surface area contributed by atoms with Crippen LogP contribution in [-0.4, -0.2) is 22.2 Å². The molecule has 1 aromatic carbocycles. The van der Waals surface area contributed by atoms with Gasteiger partial charge in [0.15, 0.2) is 5.78 Å². The van der Waals surface area contributed by atoms with Crippen molar-refractivity contribution in [1.82, 2.24) is 0 Å². The maximum atomic E-state index is 11.5. The summed E-state index contributed by atoms with van der Waals surface area (Å²) in [5.74, 6) is -0.897. The van der Waals surface area contributed by atoms with Gasteiger partial charge in [-0.25, -0.2) is 0 Å². The predicted octanol–water partition coefficient (Wildman–Crippen LogP) is 2.07. The number of ketones is 1. The number of nitrogens with zero attached hydrogens (tertiary/aromatic N) is 1. The molecular formula is C11H12BrNO3. The Morgan fingerprint density at radius 3 is 2.69 bits per heavy atom. The van der Waals surface area contributed by atoms with Crippen molar-refractivity contribution in [3.63, 3.8) is 0 Å². The number of hydroxylamine groups is 1. The van der Waals surface area contributed by atoms with Crippen molar-refractivity contribution in [2.24, 2.45) is 0 Å². The standard InChI is InChI=1S/C11H12BrNO3/c1-8-3-2-4-9(5-8)13(16)11(15)6-10(14)7-12/h2-5,16H,6-7H2,1H3. The largest absolute Gasteiger partial charge is 0.298 e. The van der Waals surface area contributed by atoms with Gasteiger partial charge in [0, 0.05) is 0 Å². The summed E-state index contributed by atoms with van der Waals surface area (Å²) in [4.78, 5) is 22.5. The van der Waals surface area contributed by atoms with Crippen molar-refractivity contribution in [2.45, 2.75) is 13.3 Å². The van der Waals surface area contributed by atoms with Crippen molar-refractivity contribution >= 4 is 33.3 Å². The Bertz CT molecular complexity index is 406. The van der Waals surface area contributed by atoms with Crippen LogP contribution in [0.5, 0.6) is 0 Å². The molecular weight excluding hydrogens is 274 g/mol. The van der Waals surface area contributed by atoms with Gasteiger partial charge in [0.25, 0.3) is 5.91 Å². The molecule has 0 aromatic heterocycles. The average Bonchev–Trinajstić information content (AvgIpc) is 2.27. The van der Waals surface area contributed by atoms with Crippen molar-refractivity contribution in [1.29, 1.82) is 0 Å². The summed E-state index contributed by atoms with van der Waals surface area (Å²) < 4.78 is 0. The van der Waals surface area contributed by atoms with Gasteiger partial charge in [0.05, 0.1) is 17.4 Å². The number of rotatable bonds is 4. The molecule has 1 aromatic rings. The topological polar surface area (TPSA) is 57.6 Å². The lowest BCUT2D eigenvalue weighted by Gasteiger charge is -2.14. The third-order valence-corrected chi connectivity index (χ3v) is 2.61. The molecule has 0 unspecified atom stereocenters. The maximum absolute atomic E-state index is 11.5. The van der Waals surface area contributed by atoms with Crippen LogP contribution in [0.3, 0.4) is 0 Å². The smallest absolute Gasteiger partial charge is 0.258 e. The highest BCUT2D eigenvalue weighted by Gasteiger charge is 2.16. The number of alkyl halides is 1. The fraction of sp³-hybridized carbons (Fsp3) is 0.273. The third-order valence-electron chi connectivity index (χ3n) is 1.98. The van der Waals surface area contributed by atoms with Gasteiger partial charge in [-0.05, 0) is 24.6 Å². The van der Waals surface area contributed by atoms with Crippen molar-refractivity contribution in [3.8, 4) is 0 Å². The highest BCUT2D eigenvalue weighted by atomic mass is 79.9. The van der Waals surface area contributed by atoms with Crippen molar-refractivity contribution in [2.75, 3.05) is 10.4 Å². The number of hydrogen-bond acceptors (Lipinski definition) is 3. The number of carbonyl (C=O) groups is 2. The Morgan fingerprint density at radius 1 is 1.44 bits per heavy atom. The number of anilines is 1. The van der Waals surface area contributed by atoms with E-state index in [1.165, 1.54) is 0 Å². The van der Waals surface area contributed by atoms with Gasteiger partial charge in [0.2, 0.25) is 0 Å². The van der Waals surface area contributed by atoms with Crippen LogP contribution in [0.4, 0.5) is 5.69 Å². The minimum absolute atomic E-state index is 0.112. The molecule has 4 nitrogen and oxygen atoms in total. The molecule has 0 saturated heterocycles. The summed E-state index contributed by atoms with van der Waals surface area (Å²) in [6, 6.07) is 6.85. The Kier molecular flexibility index (Phi) is 4.64. The summed E-state index contributed by atoms with van der Waals surface area (Å²) in [7, 11) is 0. The number of aryl methyl sites for hydroxylation is 1. The van der Waals surface area contributed by atoms with Crippen molar-refractivity contribution in [3.05, 3.63) is 29.8 Å². The monoisotopic (exact) mass is 285 g/mol. The quantitative estimate of drug-likeness (QED) is 0.399. The van der Waals surface area contributed by atoms with Crippen LogP contribution in [0.1, 0.15) is 12.0 Å². The molecule has 0 radical (unpaired) electrons. The molecule has 86 valence electrons. The average molecular weight is 286 g/mol. The van der Waals surface area contributed by atoms with E-state index in [0.29, 0.717) is 10.8 Å². The Morgan fingerprint density at radius 2 is 2.12 bits per heavy atom. The lowest BCUT2D eigenvalue weighted by Crippen LogP contribution is -2.29. The van der Waals surface area contributed by atoms with E-state index in [1.54, 1.807) is 18.2 Å². The fourth-order valence-corrected chi connectivity index (χ4v) is 1.39. The molecule has 1 N–H and O–H groups in total. The van der Waals surface area contributed by atoms with E-state index in [2.05, 4.69) is 15.9 Å². The van der Waals surface area contributed by atoms with Gasteiger partial charge < -0.3 is 0 Å². The Hall–Kier alpha value is -1.20. The first kappa shape index (κ1) is 12.9. The minimum Gasteiger partial charge on any atom is -0.298 e. The second-order valence-electron chi connectivity index (χ2n) is 3.39. The molecule has 0 heterocycles. The van der Waals surface area contributed by atoms with Crippen molar-refractivity contribution < 1.29 is 14.8 Å². The van der Waals surface area contributed by atoms with E-state index in [1.807, 2.05) is 13.0 Å². The van der Waals surface area contributed by atoms with Crippen LogP contribution >= 0.6 is 15.9 Å². The van der Waals surface area contributed by atoms with Gasteiger partial charge >= 0.3 is 0 Å². The zero-order chi connectivity index (χ0) is 12.1. The molecule has 0 atom stereocenters. The lowest BCUT2D eigenvalue weighted by atomic mass is 10.2. The molecule has 5 heteroatoms. The predicted molar refractivity (Wildman–Crippen MR) is 63.9 cm³/mol. The molecule has 0 spiro atoms. The first-order valence-corrected chi connectivity index (χ1v) is 5.83. The van der Waals surface area contributed by atoms with Crippen LogP contribution in [-0.2, 0) is 9.59 Å². The highest BCUT2D eigenvalue weighted by Crippen LogP contribution is 2.14. The zero-order valence-corrected chi connectivity index (χ0v) is 10.4. The number of benzene rings is 1. The molecule has 0 saturated carbocycles. The van der Waals surface area contributed by atoms with Gasteiger partial charge in [-0.2, -0.15) is 5.06 Å². The normalized spacial score (nSPS) is 9.94. The second kappa shape index (κ2) is 5.77. The van der Waals surface area contributed by atoms with Gasteiger partial charge in [-0.1, -0.05) is 28.1 Å². The Balaban J connectivity index is 2.74. The molecule has 1 amide bonds. The number of carbonyl (C=O) groups excluding carboxylic acids is 2. The molecule has 1 rings (SSSR count). The molecule has 0 fully saturated rings. The fourth-order valence-electron chi connectivity index (χ4n) is 1.19. The van der Waals surface area contributed by atoms with E-state index >= 15 is 0 Å². The molecule has 0 aliphatic rings. The third kappa shape index (κ3) is 3.43. The summed E-state index contributed by atoms with van der Waals surface area (Å²) in [5.41, 5.74) is 1.29. The molecule has 16 heavy (non-hydrogen) atoms. The first-order valence-electron chi connectivity index (χ1n) is 4.70. The van der Waals surface area contributed by atoms with Gasteiger partial charge in [-0.15, -0.1) is 0 Å². The summed E-state index contributed by atoms with van der Waals surface area (Å²) >= 11 is 2.96. The van der Waals surface area contributed by atoms with Crippen LogP contribution in [0.2, 0.25) is 0 Å². The molecule has 0 aliphatic carbocycles. The van der Waals surface area contributed by atoms with Crippen LogP contribution in [0.25, 0.3) is 0 Å². The van der Waals surface area contributed by atoms with E-state index in [9.17, 15) is 14.8 Å². The van der Waals surface area contributed by atoms with Gasteiger partial charge in [0.1, 0.15) is 0 Å². The highest BCUT2D eigenvalue weighted by molar-refractivity contribution is 9.09. The summed E-state index contributed by atoms with van der Waals surface area (Å²) in [6.45, 7) is 1.85. The number of hydrogen-bond donors (Lipinski definition) is 1. The minimum atomic E-state index is -0.630. The van der Waals surface area contributed by atoms with E-state index in [-0.39, 0.29) is 17.5 Å². The van der Waals surface area contributed by atoms with Gasteiger partial charge in [-0.3, -0.25) is 14.8 Å². The number of halogens is 1. The lowest BCUT2D eigenvalue weighted by molar-refractivity contribution is -0.128.